The van der Waals surface area contributed by atoms with E-state index in [1.807, 2.05) is 43.3 Å². The van der Waals surface area contributed by atoms with Crippen molar-refractivity contribution in [2.75, 3.05) is 18.5 Å². The number of ether oxygens (including phenoxy) is 3. The Hall–Kier alpha value is -3.57. The van der Waals surface area contributed by atoms with Gasteiger partial charge in [0, 0.05) is 36.0 Å². The van der Waals surface area contributed by atoms with E-state index < -0.39 is 12.3 Å². The molecule has 0 bridgehead atoms. The second-order valence-corrected chi connectivity index (χ2v) is 11.4. The van der Waals surface area contributed by atoms with Crippen LogP contribution in [0.25, 0.3) is 22.2 Å². The Kier molecular flexibility index (Phi) is 7.66. The molecule has 3 aliphatic rings. The SMILES string of the molecule is CC(OC(=O)Nc1ccc(-c2c(C#N)c3ccc(OC4CCOCC4)cc3n2C2CC2)cc1)C1CCC(F)CC1. The van der Waals surface area contributed by atoms with E-state index in [9.17, 15) is 14.4 Å². The molecule has 2 heterocycles. The van der Waals surface area contributed by atoms with E-state index in [0.717, 1.165) is 79.6 Å². The molecule has 2 saturated carbocycles. The summed E-state index contributed by atoms with van der Waals surface area (Å²) in [4.78, 5) is 12.6. The van der Waals surface area contributed by atoms with Crippen LogP contribution in [0.2, 0.25) is 0 Å². The molecule has 210 valence electrons. The summed E-state index contributed by atoms with van der Waals surface area (Å²) in [5.74, 6) is 1.01. The fraction of sp³-hybridized carbons (Fsp3) is 0.500. The number of carbonyl (C=O) groups excluding carboxylic acids is 1. The largest absolute Gasteiger partial charge is 0.490 e. The van der Waals surface area contributed by atoms with Crippen molar-refractivity contribution in [1.82, 2.24) is 4.57 Å². The van der Waals surface area contributed by atoms with Gasteiger partial charge in [-0.2, -0.15) is 5.26 Å². The third kappa shape index (κ3) is 5.66. The maximum Gasteiger partial charge on any atom is 0.411 e. The first-order valence-electron chi connectivity index (χ1n) is 14.5. The zero-order valence-corrected chi connectivity index (χ0v) is 22.9. The highest BCUT2D eigenvalue weighted by Crippen LogP contribution is 2.45. The molecule has 0 radical (unpaired) electrons. The van der Waals surface area contributed by atoms with Crippen LogP contribution in [0.15, 0.2) is 42.5 Å². The first kappa shape index (κ1) is 26.6. The number of alkyl halides is 1. The van der Waals surface area contributed by atoms with Gasteiger partial charge in [-0.15, -0.1) is 0 Å². The average molecular weight is 546 g/mol. The molecule has 8 heteroatoms. The predicted octanol–water partition coefficient (Wildman–Crippen LogP) is 7.54. The summed E-state index contributed by atoms with van der Waals surface area (Å²) < 4.78 is 33.1. The molecule has 0 spiro atoms. The number of carbonyl (C=O) groups is 1. The van der Waals surface area contributed by atoms with Crippen LogP contribution in [0.1, 0.15) is 69.9 Å². The summed E-state index contributed by atoms with van der Waals surface area (Å²) in [5, 5.41) is 13.9. The van der Waals surface area contributed by atoms with E-state index >= 15 is 0 Å². The van der Waals surface area contributed by atoms with Crippen LogP contribution in [-0.4, -0.2) is 42.3 Å². The molecule has 1 aromatic heterocycles. The Labute approximate surface area is 234 Å². The van der Waals surface area contributed by atoms with Crippen LogP contribution in [0.5, 0.6) is 5.75 Å². The van der Waals surface area contributed by atoms with Crippen LogP contribution >= 0.6 is 0 Å². The van der Waals surface area contributed by atoms with E-state index in [2.05, 4.69) is 22.0 Å². The Morgan fingerprint density at radius 3 is 2.45 bits per heavy atom. The molecule has 3 aromatic rings. The van der Waals surface area contributed by atoms with Gasteiger partial charge < -0.3 is 18.8 Å². The summed E-state index contributed by atoms with van der Waals surface area (Å²) in [6.45, 7) is 3.32. The molecule has 1 atom stereocenters. The number of nitriles is 1. The molecule has 1 amide bonds. The van der Waals surface area contributed by atoms with Gasteiger partial charge in [0.15, 0.2) is 0 Å². The van der Waals surface area contributed by atoms with Crippen LogP contribution in [0.3, 0.4) is 0 Å². The molecular formula is C32H36FN3O4. The number of fused-ring (bicyclic) bond motifs is 1. The van der Waals surface area contributed by atoms with E-state index in [-0.39, 0.29) is 18.1 Å². The second kappa shape index (κ2) is 11.5. The molecular weight excluding hydrogens is 509 g/mol. The van der Waals surface area contributed by atoms with Crippen molar-refractivity contribution in [2.24, 2.45) is 5.92 Å². The monoisotopic (exact) mass is 545 g/mol. The minimum atomic E-state index is -0.733. The lowest BCUT2D eigenvalue weighted by atomic mass is 9.85. The first-order chi connectivity index (χ1) is 19.5. The van der Waals surface area contributed by atoms with Crippen molar-refractivity contribution in [3.63, 3.8) is 0 Å². The summed E-state index contributed by atoms with van der Waals surface area (Å²) in [6, 6.07) is 16.4. The van der Waals surface area contributed by atoms with Crippen molar-refractivity contribution in [3.8, 4) is 23.1 Å². The van der Waals surface area contributed by atoms with Gasteiger partial charge in [0.25, 0.3) is 0 Å². The number of rotatable bonds is 7. The van der Waals surface area contributed by atoms with Gasteiger partial charge in [-0.1, -0.05) is 12.1 Å². The third-order valence-electron chi connectivity index (χ3n) is 8.53. The number of nitrogens with one attached hydrogen (secondary N) is 1. The fourth-order valence-electron chi connectivity index (χ4n) is 6.13. The van der Waals surface area contributed by atoms with Crippen molar-refractivity contribution in [2.45, 2.75) is 82.7 Å². The molecule has 1 aliphatic heterocycles. The molecule has 7 nitrogen and oxygen atoms in total. The van der Waals surface area contributed by atoms with Crippen molar-refractivity contribution in [3.05, 3.63) is 48.0 Å². The van der Waals surface area contributed by atoms with E-state index in [0.29, 0.717) is 30.1 Å². The Bertz CT molecular complexity index is 1390. The molecule has 2 aliphatic carbocycles. The smallest absolute Gasteiger partial charge is 0.411 e. The number of aromatic nitrogens is 1. The summed E-state index contributed by atoms with van der Waals surface area (Å²) in [6.07, 6.45) is 5.09. The summed E-state index contributed by atoms with van der Waals surface area (Å²) in [5.41, 5.74) is 4.10. The normalized spacial score (nSPS) is 22.4. The van der Waals surface area contributed by atoms with Crippen molar-refractivity contribution in [1.29, 1.82) is 5.26 Å². The van der Waals surface area contributed by atoms with Crippen LogP contribution in [-0.2, 0) is 9.47 Å². The number of anilines is 1. The van der Waals surface area contributed by atoms with Gasteiger partial charge in [0.1, 0.15) is 30.2 Å². The number of hydrogen-bond acceptors (Lipinski definition) is 5. The molecule has 2 aromatic carbocycles. The van der Waals surface area contributed by atoms with Gasteiger partial charge in [-0.3, -0.25) is 5.32 Å². The predicted molar refractivity (Wildman–Crippen MR) is 151 cm³/mol. The van der Waals surface area contributed by atoms with Gasteiger partial charge in [0.2, 0.25) is 0 Å². The number of halogens is 1. The zero-order valence-electron chi connectivity index (χ0n) is 22.9. The van der Waals surface area contributed by atoms with Gasteiger partial charge in [-0.25, -0.2) is 9.18 Å². The first-order valence-corrected chi connectivity index (χ1v) is 14.5. The topological polar surface area (TPSA) is 85.5 Å². The minimum absolute atomic E-state index is 0.144. The highest BCUT2D eigenvalue weighted by Gasteiger charge is 2.31. The summed E-state index contributed by atoms with van der Waals surface area (Å²) >= 11 is 0. The number of benzene rings is 2. The standard InChI is InChI=1S/C32H36FN3O4/c1-20(21-2-6-23(33)7-3-21)39-32(37)35-24-8-4-22(5-9-24)31-29(19-34)28-13-12-27(40-26-14-16-38-17-15-26)18-30(28)36(31)25-10-11-25/h4-5,8-9,12-13,18,20-21,23,25-26H,2-3,6-7,10-11,14-17H2,1H3,(H,35,37). The van der Waals surface area contributed by atoms with Crippen LogP contribution in [0.4, 0.5) is 14.9 Å². The lowest BCUT2D eigenvalue weighted by Crippen LogP contribution is -2.30. The van der Waals surface area contributed by atoms with E-state index in [1.54, 1.807) is 0 Å². The average Bonchev–Trinajstić information content (AvgIpc) is 3.75. The van der Waals surface area contributed by atoms with Gasteiger partial charge in [-0.05, 0) is 81.2 Å². The fourth-order valence-corrected chi connectivity index (χ4v) is 6.13. The van der Waals surface area contributed by atoms with Crippen molar-refractivity contribution >= 4 is 22.7 Å². The highest BCUT2D eigenvalue weighted by molar-refractivity contribution is 5.96. The lowest BCUT2D eigenvalue weighted by Gasteiger charge is -2.28. The maximum atomic E-state index is 13.5. The van der Waals surface area contributed by atoms with E-state index in [1.165, 1.54) is 0 Å². The third-order valence-corrected chi connectivity index (χ3v) is 8.53. The molecule has 1 N–H and O–H groups in total. The van der Waals surface area contributed by atoms with Crippen LogP contribution in [0, 0.1) is 17.2 Å². The molecule has 40 heavy (non-hydrogen) atoms. The zero-order chi connectivity index (χ0) is 27.6. The maximum absolute atomic E-state index is 13.5. The van der Waals surface area contributed by atoms with Gasteiger partial charge in [0.05, 0.1) is 30.0 Å². The molecule has 6 rings (SSSR count). The van der Waals surface area contributed by atoms with Crippen LogP contribution < -0.4 is 10.1 Å². The number of hydrogen-bond donors (Lipinski definition) is 1. The van der Waals surface area contributed by atoms with Crippen molar-refractivity contribution < 1.29 is 23.4 Å². The quantitative estimate of drug-likeness (QED) is 0.332. The molecule has 1 unspecified atom stereocenters. The number of nitrogens with zero attached hydrogens (tertiary/aromatic N) is 2. The van der Waals surface area contributed by atoms with Gasteiger partial charge >= 0.3 is 6.09 Å². The number of amides is 1. The Morgan fingerprint density at radius 1 is 1.05 bits per heavy atom. The Balaban J connectivity index is 1.21. The molecule has 1 saturated heterocycles. The lowest BCUT2D eigenvalue weighted by molar-refractivity contribution is 0.0256. The molecule has 3 fully saturated rings. The second-order valence-electron chi connectivity index (χ2n) is 11.4. The van der Waals surface area contributed by atoms with E-state index in [4.69, 9.17) is 14.2 Å². The Morgan fingerprint density at radius 2 is 1.77 bits per heavy atom. The highest BCUT2D eigenvalue weighted by atomic mass is 19.1. The summed E-state index contributed by atoms with van der Waals surface area (Å²) in [7, 11) is 0. The minimum Gasteiger partial charge on any atom is -0.490 e.